The van der Waals surface area contributed by atoms with Crippen molar-refractivity contribution >= 4 is 15.5 Å². The lowest BCUT2D eigenvalue weighted by molar-refractivity contribution is 0.382. The molecule has 0 saturated heterocycles. The van der Waals surface area contributed by atoms with Gasteiger partial charge >= 0.3 is 0 Å². The molecule has 94 valence electrons. The lowest BCUT2D eigenvalue weighted by Crippen LogP contribution is -2.43. The number of fused-ring (bicyclic) bond motifs is 1. The molecule has 1 heterocycles. The zero-order chi connectivity index (χ0) is 12.8. The molecular weight excluding hydrogens is 241 g/mol. The van der Waals surface area contributed by atoms with Crippen LogP contribution in [0.2, 0.25) is 0 Å². The molecule has 5 heteroatoms. The first-order chi connectivity index (χ1) is 7.73. The molecule has 1 aromatic carbocycles. The van der Waals surface area contributed by atoms with Crippen molar-refractivity contribution < 1.29 is 12.8 Å². The van der Waals surface area contributed by atoms with Gasteiger partial charge in [0.05, 0.1) is 15.8 Å². The molecule has 3 nitrogen and oxygen atoms in total. The maximum atomic E-state index is 13.0. The molecule has 0 bridgehead atoms. The Bertz CT molecular complexity index is 546. The molecule has 1 N–H and O–H groups in total. The van der Waals surface area contributed by atoms with Gasteiger partial charge in [0, 0.05) is 6.54 Å². The molecule has 0 saturated carbocycles. The summed E-state index contributed by atoms with van der Waals surface area (Å²) in [6.07, 6.45) is 0. The topological polar surface area (TPSA) is 46.2 Å². The van der Waals surface area contributed by atoms with Crippen molar-refractivity contribution in [3.8, 4) is 0 Å². The normalized spacial score (nSPS) is 22.7. The van der Waals surface area contributed by atoms with Crippen LogP contribution in [0.25, 0.3) is 0 Å². The van der Waals surface area contributed by atoms with E-state index in [0.29, 0.717) is 12.2 Å². The van der Waals surface area contributed by atoms with Gasteiger partial charge < -0.3 is 5.32 Å². The molecule has 0 aliphatic carbocycles. The van der Waals surface area contributed by atoms with Crippen LogP contribution >= 0.6 is 0 Å². The van der Waals surface area contributed by atoms with E-state index in [1.54, 1.807) is 0 Å². The number of benzene rings is 1. The molecule has 1 aliphatic rings. The molecule has 0 spiro atoms. The fourth-order valence-corrected chi connectivity index (χ4v) is 4.36. The number of nitrogens with one attached hydrogen (secondary N) is 1. The van der Waals surface area contributed by atoms with E-state index in [0.717, 1.165) is 0 Å². The average Bonchev–Trinajstić information content (AvgIpc) is 2.14. The molecule has 1 unspecified atom stereocenters. The van der Waals surface area contributed by atoms with Crippen molar-refractivity contribution in [3.05, 3.63) is 24.0 Å². The molecule has 1 atom stereocenters. The summed E-state index contributed by atoms with van der Waals surface area (Å²) in [7, 11) is -3.39. The molecule has 0 aromatic heterocycles. The predicted octanol–water partition coefficient (Wildman–Crippen LogP) is 2.44. The van der Waals surface area contributed by atoms with Crippen LogP contribution < -0.4 is 5.32 Å². The van der Waals surface area contributed by atoms with Crippen LogP contribution in [0.4, 0.5) is 10.1 Å². The standard InChI is InChI=1S/C12H16FNO2S/c1-12(2,3)11-7-14-9-6-8(13)4-5-10(9)17(11,15)16/h4-6,11,14H,7H2,1-3H3. The third kappa shape index (κ3) is 2.04. The Hall–Kier alpha value is -1.10. The molecule has 0 radical (unpaired) electrons. The number of sulfone groups is 1. The second-order valence-electron chi connectivity index (χ2n) is 5.42. The van der Waals surface area contributed by atoms with Crippen molar-refractivity contribution in [1.82, 2.24) is 0 Å². The summed E-state index contributed by atoms with van der Waals surface area (Å²) >= 11 is 0. The first kappa shape index (κ1) is 12.4. The minimum Gasteiger partial charge on any atom is -0.383 e. The maximum absolute atomic E-state index is 13.0. The Labute approximate surface area is 101 Å². The quantitative estimate of drug-likeness (QED) is 0.726. The van der Waals surface area contributed by atoms with Gasteiger partial charge in [-0.15, -0.1) is 0 Å². The fourth-order valence-electron chi connectivity index (χ4n) is 2.13. The summed E-state index contributed by atoms with van der Waals surface area (Å²) in [5.41, 5.74) is 0.0169. The Morgan fingerprint density at radius 2 is 2.00 bits per heavy atom. The van der Waals surface area contributed by atoms with Gasteiger partial charge in [-0.3, -0.25) is 0 Å². The van der Waals surface area contributed by atoms with Crippen molar-refractivity contribution in [2.45, 2.75) is 30.9 Å². The summed E-state index contributed by atoms with van der Waals surface area (Å²) in [6, 6.07) is 3.75. The lowest BCUT2D eigenvalue weighted by atomic mass is 9.91. The number of anilines is 1. The number of halogens is 1. The summed E-state index contributed by atoms with van der Waals surface area (Å²) in [6.45, 7) is 6.00. The van der Waals surface area contributed by atoms with Crippen LogP contribution in [0.3, 0.4) is 0 Å². The van der Waals surface area contributed by atoms with E-state index in [2.05, 4.69) is 5.32 Å². The van der Waals surface area contributed by atoms with E-state index in [-0.39, 0.29) is 10.3 Å². The summed E-state index contributed by atoms with van der Waals surface area (Å²) in [4.78, 5) is 0.199. The number of rotatable bonds is 0. The summed E-state index contributed by atoms with van der Waals surface area (Å²) in [5.74, 6) is -0.430. The van der Waals surface area contributed by atoms with E-state index in [1.807, 2.05) is 20.8 Å². The van der Waals surface area contributed by atoms with Gasteiger partial charge in [0.1, 0.15) is 5.82 Å². The van der Waals surface area contributed by atoms with Crippen LogP contribution in [0.1, 0.15) is 20.8 Å². The molecule has 1 aromatic rings. The Kier molecular flexibility index (Phi) is 2.69. The SMILES string of the molecule is CC(C)(C)C1CNc2cc(F)ccc2S1(=O)=O. The van der Waals surface area contributed by atoms with Gasteiger partial charge in [0.2, 0.25) is 0 Å². The largest absolute Gasteiger partial charge is 0.383 e. The number of hydrogen-bond donors (Lipinski definition) is 1. The zero-order valence-electron chi connectivity index (χ0n) is 10.1. The second-order valence-corrected chi connectivity index (χ2v) is 7.52. The van der Waals surface area contributed by atoms with Gasteiger partial charge in [-0.25, -0.2) is 12.8 Å². The van der Waals surface area contributed by atoms with Crippen LogP contribution in [-0.4, -0.2) is 20.2 Å². The van der Waals surface area contributed by atoms with Crippen molar-refractivity contribution in [2.24, 2.45) is 5.41 Å². The summed E-state index contributed by atoms with van der Waals surface area (Å²) < 4.78 is 37.8. The highest BCUT2D eigenvalue weighted by Gasteiger charge is 2.41. The zero-order valence-corrected chi connectivity index (χ0v) is 10.9. The Balaban J connectivity index is 2.57. The highest BCUT2D eigenvalue weighted by molar-refractivity contribution is 7.92. The van der Waals surface area contributed by atoms with Gasteiger partial charge in [0.15, 0.2) is 9.84 Å². The molecule has 17 heavy (non-hydrogen) atoms. The monoisotopic (exact) mass is 257 g/mol. The van der Waals surface area contributed by atoms with Crippen LogP contribution in [0, 0.1) is 11.2 Å². The molecule has 2 rings (SSSR count). The Morgan fingerprint density at radius 3 is 2.59 bits per heavy atom. The van der Waals surface area contributed by atoms with Crippen LogP contribution in [0.15, 0.2) is 23.1 Å². The minimum atomic E-state index is -3.39. The first-order valence-electron chi connectivity index (χ1n) is 5.50. The van der Waals surface area contributed by atoms with E-state index >= 15 is 0 Å². The smallest absolute Gasteiger partial charge is 0.185 e. The average molecular weight is 257 g/mol. The Morgan fingerprint density at radius 1 is 1.35 bits per heavy atom. The highest BCUT2D eigenvalue weighted by atomic mass is 32.2. The van der Waals surface area contributed by atoms with Crippen LogP contribution in [0.5, 0.6) is 0 Å². The van der Waals surface area contributed by atoms with Gasteiger partial charge in [-0.05, 0) is 23.6 Å². The third-order valence-electron chi connectivity index (χ3n) is 3.07. The van der Waals surface area contributed by atoms with Gasteiger partial charge in [-0.2, -0.15) is 0 Å². The fraction of sp³-hybridized carbons (Fsp3) is 0.500. The highest BCUT2D eigenvalue weighted by Crippen LogP contribution is 2.37. The van der Waals surface area contributed by atoms with Crippen molar-refractivity contribution in [2.75, 3.05) is 11.9 Å². The molecule has 0 fully saturated rings. The van der Waals surface area contributed by atoms with Gasteiger partial charge in [0.25, 0.3) is 0 Å². The van der Waals surface area contributed by atoms with E-state index in [1.165, 1.54) is 18.2 Å². The second kappa shape index (κ2) is 3.70. The molecular formula is C12H16FNO2S. The van der Waals surface area contributed by atoms with Gasteiger partial charge in [-0.1, -0.05) is 20.8 Å². The third-order valence-corrected chi connectivity index (χ3v) is 5.66. The van der Waals surface area contributed by atoms with Crippen LogP contribution in [-0.2, 0) is 9.84 Å². The van der Waals surface area contributed by atoms with E-state index < -0.39 is 20.9 Å². The maximum Gasteiger partial charge on any atom is 0.185 e. The lowest BCUT2D eigenvalue weighted by Gasteiger charge is -2.34. The van der Waals surface area contributed by atoms with Crippen molar-refractivity contribution in [1.29, 1.82) is 0 Å². The predicted molar refractivity (Wildman–Crippen MR) is 65.3 cm³/mol. The molecule has 1 aliphatic heterocycles. The molecule has 0 amide bonds. The van der Waals surface area contributed by atoms with E-state index in [4.69, 9.17) is 0 Å². The first-order valence-corrected chi connectivity index (χ1v) is 7.05. The van der Waals surface area contributed by atoms with Crippen molar-refractivity contribution in [3.63, 3.8) is 0 Å². The minimum absolute atomic E-state index is 0.199. The summed E-state index contributed by atoms with van der Waals surface area (Å²) in [5, 5.41) is 2.50. The number of hydrogen-bond acceptors (Lipinski definition) is 3. The van der Waals surface area contributed by atoms with E-state index in [9.17, 15) is 12.8 Å².